The van der Waals surface area contributed by atoms with Gasteiger partial charge < -0.3 is 14.9 Å². The van der Waals surface area contributed by atoms with Crippen molar-refractivity contribution in [2.45, 2.75) is 50.9 Å². The Bertz CT molecular complexity index is 580. The average molecular weight is 321 g/mol. The summed E-state index contributed by atoms with van der Waals surface area (Å²) in [5.74, 6) is -1.14. The van der Waals surface area contributed by atoms with E-state index in [4.69, 9.17) is 4.74 Å². The molecule has 126 valence electrons. The molecule has 1 heterocycles. The maximum atomic E-state index is 12.4. The van der Waals surface area contributed by atoms with E-state index >= 15 is 0 Å². The molecular formula is C17H23NO5. The van der Waals surface area contributed by atoms with Crippen molar-refractivity contribution in [1.82, 2.24) is 4.90 Å². The number of benzene rings is 1. The largest absolute Gasteiger partial charge is 0.479 e. The lowest BCUT2D eigenvalue weighted by Crippen LogP contribution is -2.55. The molecule has 1 aliphatic heterocycles. The summed E-state index contributed by atoms with van der Waals surface area (Å²) >= 11 is 0. The molecule has 1 fully saturated rings. The van der Waals surface area contributed by atoms with Crippen molar-refractivity contribution in [2.24, 2.45) is 0 Å². The number of rotatable bonds is 3. The molecular weight excluding hydrogens is 298 g/mol. The van der Waals surface area contributed by atoms with Crippen molar-refractivity contribution in [3.05, 3.63) is 35.9 Å². The number of ether oxygens (including phenoxy) is 1. The minimum Gasteiger partial charge on any atom is -0.479 e. The number of likely N-dealkylation sites (tertiary alicyclic amines) is 1. The molecule has 1 amide bonds. The Balaban J connectivity index is 2.34. The number of carboxylic acid groups (broad SMARTS) is 1. The fourth-order valence-electron chi connectivity index (χ4n) is 2.90. The number of aliphatic hydroxyl groups is 1. The quantitative estimate of drug-likeness (QED) is 0.890. The van der Waals surface area contributed by atoms with E-state index in [1.165, 1.54) is 0 Å². The van der Waals surface area contributed by atoms with Crippen LogP contribution < -0.4 is 0 Å². The first-order chi connectivity index (χ1) is 10.6. The minimum absolute atomic E-state index is 0.0174. The Morgan fingerprint density at radius 3 is 2.43 bits per heavy atom. The third-order valence-corrected chi connectivity index (χ3v) is 3.83. The number of aliphatic hydroxyl groups excluding tert-OH is 1. The van der Waals surface area contributed by atoms with Crippen LogP contribution in [0, 0.1) is 0 Å². The molecule has 1 aliphatic rings. The predicted molar refractivity (Wildman–Crippen MR) is 84.1 cm³/mol. The van der Waals surface area contributed by atoms with Crippen LogP contribution in [0.5, 0.6) is 0 Å². The van der Waals surface area contributed by atoms with E-state index in [9.17, 15) is 19.8 Å². The van der Waals surface area contributed by atoms with Gasteiger partial charge in [0.2, 0.25) is 0 Å². The van der Waals surface area contributed by atoms with Crippen LogP contribution in [0.3, 0.4) is 0 Å². The number of hydrogen-bond acceptors (Lipinski definition) is 4. The highest BCUT2D eigenvalue weighted by molar-refractivity contribution is 5.86. The van der Waals surface area contributed by atoms with E-state index in [-0.39, 0.29) is 19.4 Å². The van der Waals surface area contributed by atoms with Gasteiger partial charge in [-0.3, -0.25) is 4.90 Å². The van der Waals surface area contributed by atoms with Crippen molar-refractivity contribution < 1.29 is 24.5 Å². The van der Waals surface area contributed by atoms with Crippen LogP contribution in [-0.4, -0.2) is 51.0 Å². The Labute approximate surface area is 135 Å². The van der Waals surface area contributed by atoms with E-state index in [0.717, 1.165) is 10.5 Å². The lowest BCUT2D eigenvalue weighted by molar-refractivity contribution is -0.149. The van der Waals surface area contributed by atoms with Gasteiger partial charge in [0.25, 0.3) is 0 Å². The molecule has 1 aromatic rings. The number of carbonyl (C=O) groups excluding carboxylic acids is 1. The van der Waals surface area contributed by atoms with Crippen LogP contribution in [0.15, 0.2) is 30.3 Å². The molecule has 0 aliphatic carbocycles. The van der Waals surface area contributed by atoms with Gasteiger partial charge in [-0.05, 0) is 26.3 Å². The summed E-state index contributed by atoms with van der Waals surface area (Å²) in [6.45, 7) is 5.11. The SMILES string of the molecule is CC(C)(C)OC(=O)N1C[C@H](O)C[C@@]1(Cc1ccccc1)C(=O)O. The molecule has 0 spiro atoms. The van der Waals surface area contributed by atoms with Gasteiger partial charge in [0, 0.05) is 12.8 Å². The van der Waals surface area contributed by atoms with Crippen LogP contribution in [-0.2, 0) is 16.0 Å². The Kier molecular flexibility index (Phi) is 4.66. The van der Waals surface area contributed by atoms with Crippen LogP contribution in [0.1, 0.15) is 32.8 Å². The van der Waals surface area contributed by atoms with E-state index in [1.807, 2.05) is 30.3 Å². The van der Waals surface area contributed by atoms with Gasteiger partial charge in [0.1, 0.15) is 11.1 Å². The van der Waals surface area contributed by atoms with Crippen LogP contribution in [0.2, 0.25) is 0 Å². The Hall–Kier alpha value is -2.08. The smallest absolute Gasteiger partial charge is 0.411 e. The zero-order valence-electron chi connectivity index (χ0n) is 13.7. The van der Waals surface area contributed by atoms with Crippen molar-refractivity contribution in [1.29, 1.82) is 0 Å². The van der Waals surface area contributed by atoms with Crippen molar-refractivity contribution in [3.8, 4) is 0 Å². The van der Waals surface area contributed by atoms with Crippen LogP contribution >= 0.6 is 0 Å². The molecule has 23 heavy (non-hydrogen) atoms. The predicted octanol–water partition coefficient (Wildman–Crippen LogP) is 2.05. The standard InChI is InChI=1S/C17H23NO5/c1-16(2,3)23-15(22)18-11-13(19)10-17(18,14(20)21)9-12-7-5-4-6-8-12/h4-8,13,19H,9-11H2,1-3H3,(H,20,21)/t13-,17+/m1/s1. The molecule has 0 bridgehead atoms. The molecule has 0 unspecified atom stereocenters. The normalized spacial score (nSPS) is 24.5. The van der Waals surface area contributed by atoms with E-state index in [0.29, 0.717) is 0 Å². The monoisotopic (exact) mass is 321 g/mol. The molecule has 0 radical (unpaired) electrons. The number of amides is 1. The summed E-state index contributed by atoms with van der Waals surface area (Å²) in [7, 11) is 0. The zero-order chi connectivity index (χ0) is 17.3. The number of carboxylic acids is 1. The van der Waals surface area contributed by atoms with Crippen LogP contribution in [0.25, 0.3) is 0 Å². The average Bonchev–Trinajstić information content (AvgIpc) is 2.76. The van der Waals surface area contributed by atoms with Gasteiger partial charge in [-0.1, -0.05) is 30.3 Å². The van der Waals surface area contributed by atoms with E-state index in [1.54, 1.807) is 20.8 Å². The van der Waals surface area contributed by atoms with Crippen LogP contribution in [0.4, 0.5) is 4.79 Å². The van der Waals surface area contributed by atoms with Gasteiger partial charge >= 0.3 is 12.1 Å². The zero-order valence-corrected chi connectivity index (χ0v) is 13.7. The van der Waals surface area contributed by atoms with E-state index in [2.05, 4.69) is 0 Å². The van der Waals surface area contributed by atoms with Gasteiger partial charge in [-0.15, -0.1) is 0 Å². The molecule has 6 heteroatoms. The first-order valence-corrected chi connectivity index (χ1v) is 7.60. The first kappa shape index (κ1) is 17.3. The van der Waals surface area contributed by atoms with Gasteiger partial charge in [-0.25, -0.2) is 9.59 Å². The Morgan fingerprint density at radius 2 is 1.91 bits per heavy atom. The second kappa shape index (κ2) is 6.20. The molecule has 0 saturated carbocycles. The lowest BCUT2D eigenvalue weighted by atomic mass is 9.88. The molecule has 1 saturated heterocycles. The highest BCUT2D eigenvalue weighted by atomic mass is 16.6. The third kappa shape index (κ3) is 3.82. The van der Waals surface area contributed by atoms with Gasteiger partial charge in [0.15, 0.2) is 0 Å². The molecule has 0 aromatic heterocycles. The molecule has 2 rings (SSSR count). The highest BCUT2D eigenvalue weighted by Crippen LogP contribution is 2.34. The highest BCUT2D eigenvalue weighted by Gasteiger charge is 2.54. The number of β-amino-alcohol motifs (C(OH)–C–C–N with tert-alkyl or cyclic N) is 1. The molecule has 6 nitrogen and oxygen atoms in total. The van der Waals surface area contributed by atoms with Crippen molar-refractivity contribution in [3.63, 3.8) is 0 Å². The number of aliphatic carboxylic acids is 1. The van der Waals surface area contributed by atoms with Crippen molar-refractivity contribution >= 4 is 12.1 Å². The molecule has 2 N–H and O–H groups in total. The lowest BCUT2D eigenvalue weighted by Gasteiger charge is -2.35. The first-order valence-electron chi connectivity index (χ1n) is 7.60. The summed E-state index contributed by atoms with van der Waals surface area (Å²) in [6.07, 6.45) is -1.50. The number of hydrogen-bond donors (Lipinski definition) is 2. The minimum atomic E-state index is -1.50. The second-order valence-corrected chi connectivity index (χ2v) is 6.95. The number of carbonyl (C=O) groups is 2. The molecule has 2 atom stereocenters. The summed E-state index contributed by atoms with van der Waals surface area (Å²) in [6, 6.07) is 9.08. The van der Waals surface area contributed by atoms with Crippen molar-refractivity contribution in [2.75, 3.05) is 6.54 Å². The topological polar surface area (TPSA) is 87.1 Å². The summed E-state index contributed by atoms with van der Waals surface area (Å²) in [4.78, 5) is 25.6. The summed E-state index contributed by atoms with van der Waals surface area (Å²) in [5, 5.41) is 19.8. The number of nitrogens with zero attached hydrogens (tertiary/aromatic N) is 1. The van der Waals surface area contributed by atoms with Gasteiger partial charge in [0.05, 0.1) is 12.6 Å². The van der Waals surface area contributed by atoms with E-state index < -0.39 is 29.3 Å². The second-order valence-electron chi connectivity index (χ2n) is 6.95. The fraction of sp³-hybridized carbons (Fsp3) is 0.529. The third-order valence-electron chi connectivity index (χ3n) is 3.83. The molecule has 1 aromatic carbocycles. The summed E-state index contributed by atoms with van der Waals surface area (Å²) in [5.41, 5.74) is -1.44. The maximum absolute atomic E-state index is 12.4. The summed E-state index contributed by atoms with van der Waals surface area (Å²) < 4.78 is 5.33. The fourth-order valence-corrected chi connectivity index (χ4v) is 2.90. The Morgan fingerprint density at radius 1 is 1.30 bits per heavy atom. The van der Waals surface area contributed by atoms with Gasteiger partial charge in [-0.2, -0.15) is 0 Å². The maximum Gasteiger partial charge on any atom is 0.411 e.